The van der Waals surface area contributed by atoms with Crippen LogP contribution >= 0.6 is 0 Å². The first-order chi connectivity index (χ1) is 8.86. The number of carbonyl (C=O) groups is 2. The largest absolute Gasteiger partial charge is 0.467 e. The highest BCUT2D eigenvalue weighted by Crippen LogP contribution is 2.13. The van der Waals surface area contributed by atoms with Crippen LogP contribution in [0.1, 0.15) is 42.1 Å². The van der Waals surface area contributed by atoms with E-state index >= 15 is 0 Å². The van der Waals surface area contributed by atoms with E-state index in [2.05, 4.69) is 10.5 Å². The lowest BCUT2D eigenvalue weighted by Crippen LogP contribution is -2.42. The minimum Gasteiger partial charge on any atom is -0.467 e. The second-order valence-corrected chi connectivity index (χ2v) is 4.88. The van der Waals surface area contributed by atoms with Crippen molar-refractivity contribution in [2.24, 2.45) is 5.92 Å². The minimum atomic E-state index is -0.661. The molecule has 0 spiro atoms. The highest BCUT2D eigenvalue weighted by Gasteiger charge is 2.26. The molecule has 19 heavy (non-hydrogen) atoms. The van der Waals surface area contributed by atoms with Crippen LogP contribution in [0.4, 0.5) is 0 Å². The molecule has 1 N–H and O–H groups in total. The maximum atomic E-state index is 12.1. The zero-order valence-electron chi connectivity index (χ0n) is 11.9. The van der Waals surface area contributed by atoms with Crippen molar-refractivity contribution in [1.29, 1.82) is 0 Å². The molecule has 0 saturated carbocycles. The number of nitrogens with zero attached hydrogens (tertiary/aromatic N) is 1. The second-order valence-electron chi connectivity index (χ2n) is 4.88. The molecule has 0 bridgehead atoms. The molecule has 0 fully saturated rings. The van der Waals surface area contributed by atoms with Crippen molar-refractivity contribution in [3.8, 4) is 0 Å². The van der Waals surface area contributed by atoms with E-state index < -0.39 is 12.0 Å². The standard InChI is InChI=1S/C13H20N2O4/c1-7(2)6-10(13(17)18-5)14-12(16)11-8(3)15-19-9(11)4/h7,10H,6H2,1-5H3,(H,14,16). The zero-order valence-corrected chi connectivity index (χ0v) is 11.9. The predicted octanol–water partition coefficient (Wildman–Crippen LogP) is 1.61. The van der Waals surface area contributed by atoms with E-state index in [4.69, 9.17) is 9.26 Å². The summed E-state index contributed by atoms with van der Waals surface area (Å²) in [5.41, 5.74) is 0.876. The number of hydrogen-bond donors (Lipinski definition) is 1. The van der Waals surface area contributed by atoms with Crippen LogP contribution < -0.4 is 5.32 Å². The molecule has 1 aromatic rings. The van der Waals surface area contributed by atoms with Gasteiger partial charge in [0.15, 0.2) is 0 Å². The average molecular weight is 268 g/mol. The van der Waals surface area contributed by atoms with Gasteiger partial charge in [0, 0.05) is 0 Å². The van der Waals surface area contributed by atoms with Gasteiger partial charge in [-0.05, 0) is 26.2 Å². The molecular formula is C13H20N2O4. The highest BCUT2D eigenvalue weighted by atomic mass is 16.5. The van der Waals surface area contributed by atoms with E-state index in [1.165, 1.54) is 7.11 Å². The lowest BCUT2D eigenvalue weighted by Gasteiger charge is -2.18. The van der Waals surface area contributed by atoms with E-state index in [0.717, 1.165) is 0 Å². The maximum absolute atomic E-state index is 12.1. The first-order valence-electron chi connectivity index (χ1n) is 6.18. The van der Waals surface area contributed by atoms with Gasteiger partial charge < -0.3 is 14.6 Å². The Kier molecular flexibility index (Phi) is 5.09. The third-order valence-electron chi connectivity index (χ3n) is 2.76. The average Bonchev–Trinajstić information content (AvgIpc) is 2.66. The number of nitrogens with one attached hydrogen (secondary N) is 1. The number of hydrogen-bond acceptors (Lipinski definition) is 5. The van der Waals surface area contributed by atoms with Crippen molar-refractivity contribution < 1.29 is 18.8 Å². The summed E-state index contributed by atoms with van der Waals surface area (Å²) in [5, 5.41) is 6.39. The first kappa shape index (κ1) is 15.2. The normalized spacial score (nSPS) is 12.3. The molecule has 6 nitrogen and oxygen atoms in total. The summed E-state index contributed by atoms with van der Waals surface area (Å²) in [4.78, 5) is 23.8. The topological polar surface area (TPSA) is 81.4 Å². The quantitative estimate of drug-likeness (QED) is 0.820. The predicted molar refractivity (Wildman–Crippen MR) is 68.7 cm³/mol. The second kappa shape index (κ2) is 6.36. The number of ether oxygens (including phenoxy) is 1. The molecular weight excluding hydrogens is 248 g/mol. The van der Waals surface area contributed by atoms with Crippen molar-refractivity contribution >= 4 is 11.9 Å². The zero-order chi connectivity index (χ0) is 14.6. The summed E-state index contributed by atoms with van der Waals surface area (Å²) in [6.07, 6.45) is 0.516. The highest BCUT2D eigenvalue weighted by molar-refractivity contribution is 5.98. The molecule has 1 unspecified atom stereocenters. The lowest BCUT2D eigenvalue weighted by molar-refractivity contribution is -0.143. The molecule has 0 radical (unpaired) electrons. The molecule has 106 valence electrons. The molecule has 0 saturated heterocycles. The summed E-state index contributed by atoms with van der Waals surface area (Å²) in [7, 11) is 1.30. The number of rotatable bonds is 5. The van der Waals surface area contributed by atoms with Gasteiger partial charge in [0.05, 0.1) is 12.8 Å². The SMILES string of the molecule is COC(=O)C(CC(C)C)NC(=O)c1c(C)noc1C. The van der Waals surface area contributed by atoms with Crippen LogP contribution in [-0.4, -0.2) is 30.2 Å². The van der Waals surface area contributed by atoms with Crippen molar-refractivity contribution in [2.75, 3.05) is 7.11 Å². The van der Waals surface area contributed by atoms with Crippen molar-refractivity contribution in [2.45, 2.75) is 40.2 Å². The van der Waals surface area contributed by atoms with Gasteiger partial charge in [-0.2, -0.15) is 0 Å². The van der Waals surface area contributed by atoms with Crippen molar-refractivity contribution in [1.82, 2.24) is 10.5 Å². The smallest absolute Gasteiger partial charge is 0.328 e. The van der Waals surface area contributed by atoms with Gasteiger partial charge in [-0.1, -0.05) is 19.0 Å². The van der Waals surface area contributed by atoms with Gasteiger partial charge in [0.2, 0.25) is 0 Å². The van der Waals surface area contributed by atoms with Crippen molar-refractivity contribution in [3.63, 3.8) is 0 Å². The van der Waals surface area contributed by atoms with Crippen molar-refractivity contribution in [3.05, 3.63) is 17.0 Å². The number of methoxy groups -OCH3 is 1. The van der Waals surface area contributed by atoms with Crippen LogP contribution in [-0.2, 0) is 9.53 Å². The Morgan fingerprint density at radius 2 is 2.00 bits per heavy atom. The van der Waals surface area contributed by atoms with E-state index in [-0.39, 0.29) is 11.8 Å². The first-order valence-corrected chi connectivity index (χ1v) is 6.18. The number of esters is 1. The van der Waals surface area contributed by atoms with Gasteiger partial charge >= 0.3 is 5.97 Å². The molecule has 1 rings (SSSR count). The van der Waals surface area contributed by atoms with Gasteiger partial charge in [0.1, 0.15) is 17.4 Å². The van der Waals surface area contributed by atoms with E-state index in [1.807, 2.05) is 13.8 Å². The van der Waals surface area contributed by atoms with Crippen LogP contribution in [0.25, 0.3) is 0 Å². The monoisotopic (exact) mass is 268 g/mol. The Balaban J connectivity index is 2.85. The van der Waals surface area contributed by atoms with Gasteiger partial charge in [-0.25, -0.2) is 4.79 Å². The minimum absolute atomic E-state index is 0.258. The van der Waals surface area contributed by atoms with Crippen LogP contribution in [0.3, 0.4) is 0 Å². The van der Waals surface area contributed by atoms with Crippen LogP contribution in [0.15, 0.2) is 4.52 Å². The van der Waals surface area contributed by atoms with E-state index in [1.54, 1.807) is 13.8 Å². The Morgan fingerprint density at radius 1 is 1.37 bits per heavy atom. The molecule has 0 aromatic carbocycles. The molecule has 0 aliphatic heterocycles. The van der Waals surface area contributed by atoms with E-state index in [0.29, 0.717) is 23.4 Å². The fourth-order valence-electron chi connectivity index (χ4n) is 1.87. The fourth-order valence-corrected chi connectivity index (χ4v) is 1.87. The number of carbonyl (C=O) groups excluding carboxylic acids is 2. The summed E-state index contributed by atoms with van der Waals surface area (Å²) >= 11 is 0. The molecule has 1 amide bonds. The van der Waals surface area contributed by atoms with Crippen LogP contribution in [0.5, 0.6) is 0 Å². The molecule has 1 heterocycles. The molecule has 1 atom stereocenters. The number of aryl methyl sites for hydroxylation is 2. The Hall–Kier alpha value is -1.85. The Labute approximate surface area is 112 Å². The van der Waals surface area contributed by atoms with Gasteiger partial charge in [-0.3, -0.25) is 4.79 Å². The summed E-state index contributed by atoms with van der Waals surface area (Å²) in [6.45, 7) is 7.28. The van der Waals surface area contributed by atoms with Crippen LogP contribution in [0.2, 0.25) is 0 Å². The Bertz CT molecular complexity index is 446. The number of aromatic nitrogens is 1. The summed E-state index contributed by atoms with van der Waals surface area (Å²) in [6, 6.07) is -0.661. The maximum Gasteiger partial charge on any atom is 0.328 e. The third kappa shape index (κ3) is 3.81. The fraction of sp³-hybridized carbons (Fsp3) is 0.615. The van der Waals surface area contributed by atoms with Gasteiger partial charge in [0.25, 0.3) is 5.91 Å². The number of amides is 1. The summed E-state index contributed by atoms with van der Waals surface area (Å²) in [5.74, 6) is -0.127. The summed E-state index contributed by atoms with van der Waals surface area (Å²) < 4.78 is 9.64. The Morgan fingerprint density at radius 3 is 2.42 bits per heavy atom. The van der Waals surface area contributed by atoms with Gasteiger partial charge in [-0.15, -0.1) is 0 Å². The van der Waals surface area contributed by atoms with E-state index in [9.17, 15) is 9.59 Å². The lowest BCUT2D eigenvalue weighted by atomic mass is 10.0. The molecule has 6 heteroatoms. The molecule has 0 aliphatic rings. The van der Waals surface area contributed by atoms with Crippen LogP contribution in [0, 0.1) is 19.8 Å². The third-order valence-corrected chi connectivity index (χ3v) is 2.76. The molecule has 1 aromatic heterocycles. The molecule has 0 aliphatic carbocycles.